The Morgan fingerprint density at radius 1 is 0.495 bits per heavy atom. The van der Waals surface area contributed by atoms with Gasteiger partial charge < -0.3 is 104 Å². The van der Waals surface area contributed by atoms with Crippen LogP contribution in [0.2, 0.25) is 5.02 Å². The summed E-state index contributed by atoms with van der Waals surface area (Å²) in [6, 6.07) is 24.6. The van der Waals surface area contributed by atoms with Crippen molar-refractivity contribution in [3.8, 4) is 11.1 Å². The third kappa shape index (κ3) is 23.9. The number of benzene rings is 3. The fraction of sp³-hybridized carbons (Fsp3) is 0.426. The molecule has 30 nitrogen and oxygen atoms in total. The van der Waals surface area contributed by atoms with Gasteiger partial charge in [0.15, 0.2) is 5.82 Å². The molecule has 3 aromatic carbocycles. The molecule has 0 saturated carbocycles. The molecule has 532 valence electrons. The number of fused-ring (bicyclic) bond motifs is 1. The summed E-state index contributed by atoms with van der Waals surface area (Å²) < 4.78 is 50.6. The quantitative estimate of drug-likeness (QED) is 0.0183. The number of ether oxygens (including phenoxy) is 8. The van der Waals surface area contributed by atoms with Gasteiger partial charge in [-0.05, 0) is 84.6 Å². The molecule has 31 heteroatoms. The molecular weight excluding hydrogens is 1300 g/mol. The van der Waals surface area contributed by atoms with Gasteiger partial charge in [0.2, 0.25) is 35.3 Å². The van der Waals surface area contributed by atoms with Crippen molar-refractivity contribution in [3.05, 3.63) is 132 Å². The van der Waals surface area contributed by atoms with Crippen LogP contribution in [0.4, 0.5) is 45.9 Å². The second kappa shape index (κ2) is 38.6. The molecule has 0 spiro atoms. The van der Waals surface area contributed by atoms with Crippen molar-refractivity contribution in [2.24, 2.45) is 28.2 Å². The molecule has 0 aliphatic carbocycles. The number of carbonyl (C=O) groups is 7. The number of hydrogen-bond donors (Lipinski definition) is 8. The van der Waals surface area contributed by atoms with E-state index in [2.05, 4.69) is 60.2 Å². The second-order valence-electron chi connectivity index (χ2n) is 23.1. The average Bonchev–Trinajstić information content (AvgIpc) is 1.70. The van der Waals surface area contributed by atoms with E-state index < -0.39 is 23.6 Å². The highest BCUT2D eigenvalue weighted by Gasteiger charge is 2.33. The van der Waals surface area contributed by atoms with Gasteiger partial charge in [-0.1, -0.05) is 29.8 Å². The van der Waals surface area contributed by atoms with E-state index in [1.54, 1.807) is 62.7 Å². The zero-order valence-corrected chi connectivity index (χ0v) is 57.3. The molecule has 0 bridgehead atoms. The summed E-state index contributed by atoms with van der Waals surface area (Å²) in [6.45, 7) is 9.81. The molecule has 0 unspecified atom stereocenters. The Morgan fingerprint density at radius 2 is 0.990 bits per heavy atom. The molecule has 0 saturated heterocycles. The van der Waals surface area contributed by atoms with Gasteiger partial charge >= 0.3 is 0 Å². The van der Waals surface area contributed by atoms with Crippen molar-refractivity contribution < 1.29 is 71.5 Å². The molecule has 2 atom stereocenters. The van der Waals surface area contributed by atoms with Crippen molar-refractivity contribution >= 4 is 98.8 Å². The number of anilines is 8. The number of aromatic nitrogens is 6. The topological polar surface area (TPSA) is 352 Å². The number of halogens is 1. The molecule has 9 N–H and O–H groups in total. The van der Waals surface area contributed by atoms with Gasteiger partial charge in [-0.15, -0.1) is 0 Å². The maximum absolute atomic E-state index is 13.2. The van der Waals surface area contributed by atoms with Crippen LogP contribution in [-0.2, 0) is 85.3 Å². The highest BCUT2D eigenvalue weighted by Crippen LogP contribution is 2.41. The molecule has 1 aliphatic heterocycles. The lowest BCUT2D eigenvalue weighted by molar-refractivity contribution is -0.121. The number of nitrogens with two attached hydrogens (primary N) is 1. The van der Waals surface area contributed by atoms with E-state index in [-0.39, 0.29) is 92.1 Å². The number of nitrogens with zero attached hydrogens (tertiary/aromatic N) is 7. The normalized spacial score (nSPS) is 13.4. The van der Waals surface area contributed by atoms with Crippen molar-refractivity contribution in [2.45, 2.75) is 51.6 Å². The van der Waals surface area contributed by atoms with Gasteiger partial charge in [0.25, 0.3) is 17.7 Å². The number of rotatable bonds is 41. The Bertz CT molecular complexity index is 3810. The number of nitrogens with one attached hydrogen (secondary N) is 7. The summed E-state index contributed by atoms with van der Waals surface area (Å²) >= 11 is 6.13. The summed E-state index contributed by atoms with van der Waals surface area (Å²) in [5.74, 6) is -1.78. The number of amides is 7. The molecule has 7 aromatic rings. The van der Waals surface area contributed by atoms with Crippen molar-refractivity contribution in [1.82, 2.24) is 33.6 Å². The van der Waals surface area contributed by atoms with Gasteiger partial charge in [-0.2, -0.15) is 0 Å². The summed E-state index contributed by atoms with van der Waals surface area (Å²) in [5, 5.41) is 20.8. The van der Waals surface area contributed by atoms with Crippen LogP contribution in [0.1, 0.15) is 82.9 Å². The number of imidazole rings is 2. The number of aryl methyl sites for hydroxylation is 4. The lowest BCUT2D eigenvalue weighted by Crippen LogP contribution is -2.43. The second-order valence-corrected chi connectivity index (χ2v) is 23.5. The summed E-state index contributed by atoms with van der Waals surface area (Å²) in [6.07, 6.45) is 6.74. The van der Waals surface area contributed by atoms with E-state index in [0.29, 0.717) is 126 Å². The first-order valence-corrected chi connectivity index (χ1v) is 32.8. The Morgan fingerprint density at radius 3 is 1.56 bits per heavy atom. The van der Waals surface area contributed by atoms with Crippen LogP contribution in [0, 0.1) is 0 Å². The zero-order chi connectivity index (χ0) is 70.6. The minimum absolute atomic E-state index is 0.00142. The van der Waals surface area contributed by atoms with Crippen LogP contribution in [-0.4, -0.2) is 188 Å². The predicted octanol–water partition coefficient (Wildman–Crippen LogP) is 6.78. The standard InChI is InChI=1S/C68H88ClN15O15/c1-45-37-55(72-50-14-10-49(69)11-15-50)54-38-48(9-16-56(54)84(45)46(2)85)47-7-12-51(13-8-47)73-63(88)19-21-92-23-25-94-27-29-96-31-33-98-35-36-99-34-32-97-30-28-95-26-24-93-22-20-71-66(89)57-39-52(41-80(57)3)74-68(91)65-78-59(44-83(65)6)77-61(86)17-18-62(87)79-60-40-53(42-81(60)4)75-67(90)64-76-58(70)43-82(64)5/h7-16,38-45,55,72H,17-37,70H2,1-6H3,(H,71,89)(H,73,88)(H,74,91)(H,75,90)(H,77,86)(H,79,87)/t45-,55+/m0/s1. The molecule has 5 heterocycles. The van der Waals surface area contributed by atoms with Gasteiger partial charge in [-0.3, -0.25) is 33.6 Å². The molecule has 99 heavy (non-hydrogen) atoms. The number of hydrogen-bond acceptors (Lipinski definition) is 19. The van der Waals surface area contributed by atoms with Crippen molar-refractivity contribution in [2.75, 3.05) is 155 Å². The average molecular weight is 1390 g/mol. The van der Waals surface area contributed by atoms with Crippen LogP contribution in [0.5, 0.6) is 0 Å². The molecule has 0 radical (unpaired) electrons. The van der Waals surface area contributed by atoms with Gasteiger partial charge in [0.05, 0.1) is 130 Å². The largest absolute Gasteiger partial charge is 0.382 e. The van der Waals surface area contributed by atoms with Crippen LogP contribution in [0.25, 0.3) is 11.1 Å². The van der Waals surface area contributed by atoms with Crippen LogP contribution >= 0.6 is 11.6 Å². The predicted molar refractivity (Wildman–Crippen MR) is 373 cm³/mol. The fourth-order valence-corrected chi connectivity index (χ4v) is 10.7. The van der Waals surface area contributed by atoms with E-state index in [4.69, 9.17) is 55.2 Å². The van der Waals surface area contributed by atoms with Crippen molar-refractivity contribution in [1.29, 1.82) is 0 Å². The maximum Gasteiger partial charge on any atom is 0.291 e. The Balaban J connectivity index is 0.560. The molecule has 7 amide bonds. The zero-order valence-electron chi connectivity index (χ0n) is 56.5. The fourth-order valence-electron chi connectivity index (χ4n) is 10.6. The number of nitrogen functional groups attached to an aromatic ring is 1. The maximum atomic E-state index is 13.2. The van der Waals surface area contributed by atoms with Gasteiger partial charge in [0, 0.05) is 113 Å². The van der Waals surface area contributed by atoms with E-state index in [1.165, 1.54) is 27.6 Å². The SMILES string of the molecule is CC(=O)N1c2ccc(-c3ccc(NC(=O)CCOCCOCCOCCOCCOCCOCCOCCOCCNC(=O)c4cc(NC(=O)c5nc(NC(=O)CCC(=O)Nc6cc(NC(=O)c7nc(N)cn7C)cn6C)cn5C)cn4C)cc3)cc2[C@H](Nc2ccc(Cl)cc2)C[C@@H]1C. The first kappa shape index (κ1) is 75.3. The summed E-state index contributed by atoms with van der Waals surface area (Å²) in [4.78, 5) is 99.8. The smallest absolute Gasteiger partial charge is 0.291 e. The van der Waals surface area contributed by atoms with Crippen molar-refractivity contribution in [3.63, 3.8) is 0 Å². The highest BCUT2D eigenvalue weighted by atomic mass is 35.5. The van der Waals surface area contributed by atoms with Crippen LogP contribution in [0.15, 0.2) is 104 Å². The van der Waals surface area contributed by atoms with E-state index in [9.17, 15) is 33.6 Å². The Labute approximate surface area is 578 Å². The minimum Gasteiger partial charge on any atom is -0.382 e. The molecule has 8 rings (SSSR count). The number of carbonyl (C=O) groups excluding carboxylic acids is 7. The first-order chi connectivity index (χ1) is 47.8. The monoisotopic (exact) mass is 1390 g/mol. The molecular formula is C68H88ClN15O15. The lowest BCUT2D eigenvalue weighted by Gasteiger charge is -2.39. The highest BCUT2D eigenvalue weighted by molar-refractivity contribution is 6.30. The lowest BCUT2D eigenvalue weighted by atomic mass is 9.89. The third-order valence-electron chi connectivity index (χ3n) is 15.4. The van der Waals surface area contributed by atoms with Crippen LogP contribution < -0.4 is 47.9 Å². The third-order valence-corrected chi connectivity index (χ3v) is 15.6. The summed E-state index contributed by atoms with van der Waals surface area (Å²) in [7, 11) is 6.57. The van der Waals surface area contributed by atoms with Crippen LogP contribution in [0.3, 0.4) is 0 Å². The molecule has 0 fully saturated rings. The minimum atomic E-state index is -0.589. The molecule has 4 aromatic heterocycles. The molecule has 1 aliphatic rings. The summed E-state index contributed by atoms with van der Waals surface area (Å²) in [5.41, 5.74) is 12.2. The Hall–Kier alpha value is -9.50. The van der Waals surface area contributed by atoms with E-state index in [1.807, 2.05) is 65.6 Å². The first-order valence-electron chi connectivity index (χ1n) is 32.4. The van der Waals surface area contributed by atoms with E-state index >= 15 is 0 Å². The van der Waals surface area contributed by atoms with Gasteiger partial charge in [-0.25, -0.2) is 9.97 Å². The van der Waals surface area contributed by atoms with E-state index in [0.717, 1.165) is 34.5 Å². The Kier molecular flexibility index (Phi) is 29.3. The van der Waals surface area contributed by atoms with Gasteiger partial charge in [0.1, 0.15) is 17.3 Å².